The maximum Gasteiger partial charge on any atom is 0.112 e. The first kappa shape index (κ1) is 10.9. The summed E-state index contributed by atoms with van der Waals surface area (Å²) in [6, 6.07) is 8.23. The second-order valence-corrected chi connectivity index (χ2v) is 3.91. The topological polar surface area (TPSA) is 43.8 Å². The largest absolute Gasteiger partial charge is 0.324 e. The zero-order valence-electron chi connectivity index (χ0n) is 9.72. The molecule has 1 atom stereocenters. The molecule has 0 aliphatic heterocycles. The summed E-state index contributed by atoms with van der Waals surface area (Å²) in [6.45, 7) is 4.11. The lowest BCUT2D eigenvalue weighted by molar-refractivity contribution is 0.792. The summed E-state index contributed by atoms with van der Waals surface area (Å²) in [5.41, 5.74) is 8.26. The Morgan fingerprint density at radius 1 is 1.38 bits per heavy atom. The van der Waals surface area contributed by atoms with Crippen LogP contribution in [0.1, 0.15) is 31.3 Å². The highest BCUT2D eigenvalue weighted by atomic mass is 15.1. The standard InChI is InChI=1S/C13H17N3/c1-3-13-15-8-9-16(13)12-7-5-4-6-11(12)10(2)14/h4-10H,3,14H2,1-2H3/t10-/m1/s1. The van der Waals surface area contributed by atoms with Crippen LogP contribution < -0.4 is 5.73 Å². The molecule has 16 heavy (non-hydrogen) atoms. The van der Waals surface area contributed by atoms with Gasteiger partial charge in [0, 0.05) is 24.9 Å². The van der Waals surface area contributed by atoms with E-state index >= 15 is 0 Å². The molecule has 3 nitrogen and oxygen atoms in total. The Kier molecular flexibility index (Phi) is 3.06. The van der Waals surface area contributed by atoms with Crippen LogP contribution in [0.25, 0.3) is 5.69 Å². The maximum absolute atomic E-state index is 5.98. The van der Waals surface area contributed by atoms with Crippen molar-refractivity contribution in [3.63, 3.8) is 0 Å². The van der Waals surface area contributed by atoms with Gasteiger partial charge < -0.3 is 10.3 Å². The van der Waals surface area contributed by atoms with Crippen LogP contribution in [-0.2, 0) is 6.42 Å². The molecule has 1 heterocycles. The van der Waals surface area contributed by atoms with Gasteiger partial charge in [-0.1, -0.05) is 25.1 Å². The van der Waals surface area contributed by atoms with Crippen molar-refractivity contribution in [2.24, 2.45) is 5.73 Å². The average molecular weight is 215 g/mol. The average Bonchev–Trinajstić information content (AvgIpc) is 2.76. The van der Waals surface area contributed by atoms with Crippen LogP contribution in [0.4, 0.5) is 0 Å². The highest BCUT2D eigenvalue weighted by Gasteiger charge is 2.09. The molecule has 0 fully saturated rings. The van der Waals surface area contributed by atoms with Gasteiger partial charge in [-0.15, -0.1) is 0 Å². The van der Waals surface area contributed by atoms with E-state index in [0.717, 1.165) is 23.5 Å². The number of nitrogens with two attached hydrogens (primary N) is 1. The van der Waals surface area contributed by atoms with Crippen molar-refractivity contribution in [3.05, 3.63) is 48.0 Å². The van der Waals surface area contributed by atoms with E-state index < -0.39 is 0 Å². The molecule has 1 aromatic heterocycles. The zero-order valence-corrected chi connectivity index (χ0v) is 9.72. The minimum absolute atomic E-state index is 0.0308. The second-order valence-electron chi connectivity index (χ2n) is 3.91. The molecule has 0 saturated heterocycles. The van der Waals surface area contributed by atoms with Gasteiger partial charge in [-0.2, -0.15) is 0 Å². The van der Waals surface area contributed by atoms with E-state index in [-0.39, 0.29) is 6.04 Å². The number of para-hydroxylation sites is 1. The normalized spacial score (nSPS) is 12.7. The van der Waals surface area contributed by atoms with Gasteiger partial charge in [0.25, 0.3) is 0 Å². The smallest absolute Gasteiger partial charge is 0.112 e. The summed E-state index contributed by atoms with van der Waals surface area (Å²) < 4.78 is 2.11. The molecule has 84 valence electrons. The third kappa shape index (κ3) is 1.86. The lowest BCUT2D eigenvalue weighted by Gasteiger charge is -2.14. The second kappa shape index (κ2) is 4.49. The first-order chi connectivity index (χ1) is 7.74. The molecule has 0 amide bonds. The molecule has 2 aromatic rings. The Hall–Kier alpha value is -1.61. The van der Waals surface area contributed by atoms with E-state index in [4.69, 9.17) is 5.73 Å². The Balaban J connectivity index is 2.55. The third-order valence-electron chi connectivity index (χ3n) is 2.72. The molecule has 0 aliphatic rings. The van der Waals surface area contributed by atoms with Crippen molar-refractivity contribution in [2.75, 3.05) is 0 Å². The summed E-state index contributed by atoms with van der Waals surface area (Å²) in [5, 5.41) is 0. The van der Waals surface area contributed by atoms with Gasteiger partial charge in [0.15, 0.2) is 0 Å². The Morgan fingerprint density at radius 2 is 2.12 bits per heavy atom. The van der Waals surface area contributed by atoms with Crippen LogP contribution in [-0.4, -0.2) is 9.55 Å². The van der Waals surface area contributed by atoms with E-state index in [1.807, 2.05) is 31.5 Å². The minimum atomic E-state index is 0.0308. The summed E-state index contributed by atoms with van der Waals surface area (Å²) in [4.78, 5) is 4.33. The molecule has 0 bridgehead atoms. The van der Waals surface area contributed by atoms with Crippen molar-refractivity contribution >= 4 is 0 Å². The summed E-state index contributed by atoms with van der Waals surface area (Å²) in [6.07, 6.45) is 4.73. The molecule has 0 saturated carbocycles. The molecule has 0 radical (unpaired) electrons. The first-order valence-electron chi connectivity index (χ1n) is 5.61. The molecular weight excluding hydrogens is 198 g/mol. The van der Waals surface area contributed by atoms with E-state index in [9.17, 15) is 0 Å². The summed E-state index contributed by atoms with van der Waals surface area (Å²) >= 11 is 0. The molecular formula is C13H17N3. The zero-order chi connectivity index (χ0) is 11.5. The van der Waals surface area contributed by atoms with E-state index in [1.165, 1.54) is 0 Å². The number of benzene rings is 1. The summed E-state index contributed by atoms with van der Waals surface area (Å²) in [7, 11) is 0. The number of aryl methyl sites for hydroxylation is 1. The van der Waals surface area contributed by atoms with Crippen LogP contribution in [0, 0.1) is 0 Å². The number of imidazole rings is 1. The van der Waals surface area contributed by atoms with Crippen molar-refractivity contribution in [3.8, 4) is 5.69 Å². The van der Waals surface area contributed by atoms with Crippen molar-refractivity contribution in [1.29, 1.82) is 0 Å². The Bertz CT molecular complexity index is 472. The molecule has 1 aromatic carbocycles. The van der Waals surface area contributed by atoms with Crippen molar-refractivity contribution < 1.29 is 0 Å². The molecule has 2 rings (SSSR count). The van der Waals surface area contributed by atoms with Crippen LogP contribution in [0.5, 0.6) is 0 Å². The van der Waals surface area contributed by atoms with E-state index in [2.05, 4.69) is 28.6 Å². The monoisotopic (exact) mass is 215 g/mol. The predicted octanol–water partition coefficient (Wildman–Crippen LogP) is 2.45. The molecule has 0 spiro atoms. The molecule has 0 aliphatic carbocycles. The van der Waals surface area contributed by atoms with Crippen LogP contribution >= 0.6 is 0 Å². The fraction of sp³-hybridized carbons (Fsp3) is 0.308. The fourth-order valence-corrected chi connectivity index (χ4v) is 1.91. The lowest BCUT2D eigenvalue weighted by Crippen LogP contribution is -2.10. The van der Waals surface area contributed by atoms with Gasteiger partial charge in [-0.25, -0.2) is 4.98 Å². The van der Waals surface area contributed by atoms with Crippen LogP contribution in [0.15, 0.2) is 36.7 Å². The third-order valence-corrected chi connectivity index (χ3v) is 2.72. The first-order valence-corrected chi connectivity index (χ1v) is 5.61. The van der Waals surface area contributed by atoms with Gasteiger partial charge in [-0.05, 0) is 18.6 Å². The van der Waals surface area contributed by atoms with E-state index in [0.29, 0.717) is 0 Å². The molecule has 0 unspecified atom stereocenters. The SMILES string of the molecule is CCc1nccn1-c1ccccc1[C@@H](C)N. The minimum Gasteiger partial charge on any atom is -0.324 e. The number of aromatic nitrogens is 2. The number of nitrogens with zero attached hydrogens (tertiary/aromatic N) is 2. The van der Waals surface area contributed by atoms with E-state index in [1.54, 1.807) is 0 Å². The fourth-order valence-electron chi connectivity index (χ4n) is 1.91. The Morgan fingerprint density at radius 3 is 2.81 bits per heavy atom. The van der Waals surface area contributed by atoms with Gasteiger partial charge in [0.2, 0.25) is 0 Å². The van der Waals surface area contributed by atoms with Crippen molar-refractivity contribution in [2.45, 2.75) is 26.3 Å². The molecule has 2 N–H and O–H groups in total. The highest BCUT2D eigenvalue weighted by Crippen LogP contribution is 2.21. The van der Waals surface area contributed by atoms with Crippen LogP contribution in [0.3, 0.4) is 0 Å². The van der Waals surface area contributed by atoms with Gasteiger partial charge >= 0.3 is 0 Å². The highest BCUT2D eigenvalue weighted by molar-refractivity contribution is 5.43. The van der Waals surface area contributed by atoms with Gasteiger partial charge in [0.05, 0.1) is 5.69 Å². The van der Waals surface area contributed by atoms with Crippen molar-refractivity contribution in [1.82, 2.24) is 9.55 Å². The van der Waals surface area contributed by atoms with Gasteiger partial charge in [-0.3, -0.25) is 0 Å². The summed E-state index contributed by atoms with van der Waals surface area (Å²) in [5.74, 6) is 1.06. The van der Waals surface area contributed by atoms with Gasteiger partial charge in [0.1, 0.15) is 5.82 Å². The lowest BCUT2D eigenvalue weighted by atomic mass is 10.1. The quantitative estimate of drug-likeness (QED) is 0.854. The number of rotatable bonds is 3. The maximum atomic E-state index is 5.98. The predicted molar refractivity (Wildman–Crippen MR) is 65.5 cm³/mol. The number of hydrogen-bond donors (Lipinski definition) is 1. The molecule has 3 heteroatoms. The Labute approximate surface area is 95.9 Å². The number of hydrogen-bond acceptors (Lipinski definition) is 2. The van der Waals surface area contributed by atoms with Crippen LogP contribution in [0.2, 0.25) is 0 Å².